The van der Waals surface area contributed by atoms with Gasteiger partial charge in [-0.25, -0.2) is 0 Å². The Morgan fingerprint density at radius 1 is 1.29 bits per heavy atom. The summed E-state index contributed by atoms with van der Waals surface area (Å²) in [5.74, 6) is 0. The molecule has 0 aliphatic heterocycles. The molecule has 1 saturated carbocycles. The van der Waals surface area contributed by atoms with Crippen LogP contribution in [-0.2, 0) is 6.54 Å². The number of nitrogens with zero attached hydrogens (tertiary/aromatic N) is 1. The fourth-order valence-corrected chi connectivity index (χ4v) is 2.72. The van der Waals surface area contributed by atoms with E-state index in [0.717, 1.165) is 27.5 Å². The van der Waals surface area contributed by atoms with Gasteiger partial charge in [-0.1, -0.05) is 11.6 Å². The number of aromatic nitrogens is 1. The van der Waals surface area contributed by atoms with Gasteiger partial charge in [-0.3, -0.25) is 4.79 Å². The zero-order chi connectivity index (χ0) is 15.0. The second-order valence-corrected chi connectivity index (χ2v) is 6.20. The molecule has 3 nitrogen and oxygen atoms in total. The Bertz CT molecular complexity index is 732. The Morgan fingerprint density at radius 2 is 2.05 bits per heavy atom. The third kappa shape index (κ3) is 3.20. The first kappa shape index (κ1) is 14.4. The van der Waals surface area contributed by atoms with Crippen molar-refractivity contribution in [3.63, 3.8) is 0 Å². The second kappa shape index (κ2) is 5.66. The molecular formula is C17H19ClN2O. The quantitative estimate of drug-likeness (QED) is 0.939. The number of hydrogen-bond acceptors (Lipinski definition) is 2. The first-order valence-corrected chi connectivity index (χ1v) is 7.64. The van der Waals surface area contributed by atoms with E-state index >= 15 is 0 Å². The van der Waals surface area contributed by atoms with Crippen LogP contribution in [0.5, 0.6) is 0 Å². The van der Waals surface area contributed by atoms with Crippen LogP contribution >= 0.6 is 11.6 Å². The summed E-state index contributed by atoms with van der Waals surface area (Å²) >= 11 is 6.02. The Kier molecular flexibility index (Phi) is 3.87. The lowest BCUT2D eigenvalue weighted by Gasteiger charge is -2.15. The summed E-state index contributed by atoms with van der Waals surface area (Å²) in [6, 6.07) is 8.11. The van der Waals surface area contributed by atoms with E-state index in [9.17, 15) is 4.79 Å². The summed E-state index contributed by atoms with van der Waals surface area (Å²) in [5, 5.41) is 4.13. The Labute approximate surface area is 129 Å². The zero-order valence-corrected chi connectivity index (χ0v) is 13.1. The topological polar surface area (TPSA) is 34.0 Å². The SMILES string of the molecule is Cc1cc(Cl)ccc1-n1cc(CNC2CC2)c(=O)cc1C. The van der Waals surface area contributed by atoms with Crippen molar-refractivity contribution in [2.45, 2.75) is 39.3 Å². The van der Waals surface area contributed by atoms with Gasteiger partial charge in [0.1, 0.15) is 0 Å². The largest absolute Gasteiger partial charge is 0.320 e. The molecule has 1 fully saturated rings. The molecule has 4 heteroatoms. The summed E-state index contributed by atoms with van der Waals surface area (Å²) < 4.78 is 2.07. The normalized spacial score (nSPS) is 14.4. The van der Waals surface area contributed by atoms with Crippen molar-refractivity contribution in [1.82, 2.24) is 9.88 Å². The van der Waals surface area contributed by atoms with E-state index in [0.29, 0.717) is 12.6 Å². The molecule has 3 rings (SSSR count). The lowest BCUT2D eigenvalue weighted by atomic mass is 10.1. The lowest BCUT2D eigenvalue weighted by molar-refractivity contribution is 0.679. The van der Waals surface area contributed by atoms with Crippen molar-refractivity contribution in [2.24, 2.45) is 0 Å². The molecule has 0 amide bonds. The van der Waals surface area contributed by atoms with Crippen LogP contribution < -0.4 is 10.7 Å². The van der Waals surface area contributed by atoms with E-state index < -0.39 is 0 Å². The van der Waals surface area contributed by atoms with E-state index in [2.05, 4.69) is 9.88 Å². The van der Waals surface area contributed by atoms with Gasteiger partial charge in [-0.15, -0.1) is 0 Å². The molecule has 1 aromatic carbocycles. The third-order valence-corrected chi connectivity index (χ3v) is 4.13. The predicted molar refractivity (Wildman–Crippen MR) is 86.4 cm³/mol. The Hall–Kier alpha value is -1.58. The van der Waals surface area contributed by atoms with Crippen molar-refractivity contribution in [3.05, 3.63) is 62.5 Å². The highest BCUT2D eigenvalue weighted by atomic mass is 35.5. The third-order valence-electron chi connectivity index (χ3n) is 3.90. The first-order chi connectivity index (χ1) is 10.0. The van der Waals surface area contributed by atoms with Gasteiger partial charge in [0.25, 0.3) is 0 Å². The van der Waals surface area contributed by atoms with Crippen molar-refractivity contribution in [3.8, 4) is 5.69 Å². The summed E-state index contributed by atoms with van der Waals surface area (Å²) in [4.78, 5) is 12.1. The molecular weight excluding hydrogens is 284 g/mol. The molecule has 1 heterocycles. The molecule has 0 atom stereocenters. The molecule has 0 spiro atoms. The average Bonchev–Trinajstić information content (AvgIpc) is 3.23. The number of aryl methyl sites for hydroxylation is 2. The number of benzene rings is 1. The second-order valence-electron chi connectivity index (χ2n) is 5.76. The molecule has 21 heavy (non-hydrogen) atoms. The van der Waals surface area contributed by atoms with Crippen molar-refractivity contribution < 1.29 is 0 Å². The van der Waals surface area contributed by atoms with Gasteiger partial charge in [0.2, 0.25) is 0 Å². The number of nitrogens with one attached hydrogen (secondary N) is 1. The van der Waals surface area contributed by atoms with E-state index in [1.807, 2.05) is 38.2 Å². The van der Waals surface area contributed by atoms with Crippen LogP contribution in [0.1, 0.15) is 29.7 Å². The van der Waals surface area contributed by atoms with Gasteiger partial charge in [0.05, 0.1) is 0 Å². The minimum absolute atomic E-state index is 0.100. The van der Waals surface area contributed by atoms with Crippen LogP contribution in [0.3, 0.4) is 0 Å². The molecule has 1 aliphatic carbocycles. The van der Waals surface area contributed by atoms with Gasteiger partial charge >= 0.3 is 0 Å². The van der Waals surface area contributed by atoms with E-state index in [4.69, 9.17) is 11.6 Å². The molecule has 1 aliphatic rings. The van der Waals surface area contributed by atoms with Gasteiger partial charge in [0, 0.05) is 46.8 Å². The Morgan fingerprint density at radius 3 is 2.71 bits per heavy atom. The number of hydrogen-bond donors (Lipinski definition) is 1. The van der Waals surface area contributed by atoms with Crippen molar-refractivity contribution >= 4 is 11.6 Å². The summed E-state index contributed by atoms with van der Waals surface area (Å²) in [5.41, 5.74) is 3.99. The summed E-state index contributed by atoms with van der Waals surface area (Å²) in [7, 11) is 0. The fraction of sp³-hybridized carbons (Fsp3) is 0.353. The molecule has 1 aromatic heterocycles. The molecule has 0 bridgehead atoms. The molecule has 0 unspecified atom stereocenters. The number of rotatable bonds is 4. The average molecular weight is 303 g/mol. The van der Waals surface area contributed by atoms with Crippen LogP contribution in [0.25, 0.3) is 5.69 Å². The highest BCUT2D eigenvalue weighted by Gasteiger charge is 2.20. The maximum atomic E-state index is 12.1. The van der Waals surface area contributed by atoms with Gasteiger partial charge in [0.15, 0.2) is 5.43 Å². The maximum Gasteiger partial charge on any atom is 0.186 e. The standard InChI is InChI=1S/C17H19ClN2O/c1-11-7-14(18)3-6-16(11)20-10-13(9-19-15-4-5-15)17(21)8-12(20)2/h3,6-8,10,15,19H,4-5,9H2,1-2H3. The van der Waals surface area contributed by atoms with Gasteiger partial charge < -0.3 is 9.88 Å². The Balaban J connectivity index is 2.00. The fourth-order valence-electron chi connectivity index (χ4n) is 2.50. The van der Waals surface area contributed by atoms with Crippen LogP contribution in [0.4, 0.5) is 0 Å². The highest BCUT2D eigenvalue weighted by Crippen LogP contribution is 2.21. The van der Waals surface area contributed by atoms with Crippen LogP contribution in [0.15, 0.2) is 35.3 Å². The van der Waals surface area contributed by atoms with Crippen LogP contribution in [-0.4, -0.2) is 10.6 Å². The van der Waals surface area contributed by atoms with E-state index in [1.54, 1.807) is 6.07 Å². The maximum absolute atomic E-state index is 12.1. The molecule has 2 aromatic rings. The summed E-state index contributed by atoms with van der Waals surface area (Å²) in [6.45, 7) is 4.62. The molecule has 0 radical (unpaired) electrons. The predicted octanol–water partition coefficient (Wildman–Crippen LogP) is 3.36. The molecule has 1 N–H and O–H groups in total. The van der Waals surface area contributed by atoms with Gasteiger partial charge in [-0.05, 0) is 50.5 Å². The highest BCUT2D eigenvalue weighted by molar-refractivity contribution is 6.30. The zero-order valence-electron chi connectivity index (χ0n) is 12.3. The molecule has 0 saturated heterocycles. The number of pyridine rings is 1. The first-order valence-electron chi connectivity index (χ1n) is 7.26. The minimum atomic E-state index is 0.100. The van der Waals surface area contributed by atoms with E-state index in [1.165, 1.54) is 12.8 Å². The van der Waals surface area contributed by atoms with Crippen LogP contribution in [0.2, 0.25) is 5.02 Å². The van der Waals surface area contributed by atoms with Crippen LogP contribution in [0, 0.1) is 13.8 Å². The lowest BCUT2D eigenvalue weighted by Crippen LogP contribution is -2.23. The van der Waals surface area contributed by atoms with E-state index in [-0.39, 0.29) is 5.43 Å². The van der Waals surface area contributed by atoms with Crippen molar-refractivity contribution in [1.29, 1.82) is 0 Å². The number of halogens is 1. The smallest absolute Gasteiger partial charge is 0.186 e. The monoisotopic (exact) mass is 302 g/mol. The molecule has 110 valence electrons. The van der Waals surface area contributed by atoms with Gasteiger partial charge in [-0.2, -0.15) is 0 Å². The summed E-state index contributed by atoms with van der Waals surface area (Å²) in [6.07, 6.45) is 4.38. The van der Waals surface area contributed by atoms with Crippen molar-refractivity contribution in [2.75, 3.05) is 0 Å². The minimum Gasteiger partial charge on any atom is -0.320 e.